The predicted molar refractivity (Wildman–Crippen MR) is 99.6 cm³/mol. The Kier molecular flexibility index (Phi) is 16.0. The summed E-state index contributed by atoms with van der Waals surface area (Å²) in [6.07, 6.45) is -4.76. The summed E-state index contributed by atoms with van der Waals surface area (Å²) in [5.74, 6) is -0.858. The van der Waals surface area contributed by atoms with Gasteiger partial charge in [-0.1, -0.05) is 27.7 Å². The quantitative estimate of drug-likeness (QED) is 0.485. The van der Waals surface area contributed by atoms with Gasteiger partial charge in [0, 0.05) is 33.9 Å². The zero-order valence-corrected chi connectivity index (χ0v) is 17.1. The minimum atomic E-state index is -1.83. The van der Waals surface area contributed by atoms with Gasteiger partial charge in [-0.3, -0.25) is 4.79 Å². The molecule has 3 unspecified atom stereocenters. The number of hydrogen-bond donors (Lipinski definition) is 4. The van der Waals surface area contributed by atoms with Crippen LogP contribution in [0.25, 0.3) is 0 Å². The molecule has 1 aliphatic carbocycles. The Morgan fingerprint density at radius 2 is 1.58 bits per heavy atom. The molecule has 1 aliphatic rings. The topological polar surface area (TPSA) is 129 Å². The Balaban J connectivity index is 0. The van der Waals surface area contributed by atoms with E-state index in [1.54, 1.807) is 0 Å². The molecular formula is C17H38FN3O5. The summed E-state index contributed by atoms with van der Waals surface area (Å²) in [6, 6.07) is -0.942. The number of carbonyl (C=O) groups is 1. The maximum Gasteiger partial charge on any atom is 0.252 e. The van der Waals surface area contributed by atoms with E-state index in [1.807, 2.05) is 27.7 Å². The molecule has 1 fully saturated rings. The molecule has 9 heteroatoms. The molecule has 1 amide bonds. The standard InChI is InChI=1S/C13H26FN3O5.2C2H6/c1-20-10-7(16)4-8(11(21-2)12(10)22-3)17-13(19)9(18)6(14)5-15;2*1-2/h6-12,18H,4-5,15-16H2,1-3H3,(H,17,19);2*1-2H3/t6?,7-,8+,9?,10+,11?,12-;;/m0../s1. The molecule has 158 valence electrons. The molecule has 0 spiro atoms. The first-order valence-electron chi connectivity index (χ1n) is 9.07. The van der Waals surface area contributed by atoms with Gasteiger partial charge in [0.1, 0.15) is 24.5 Å². The SMILES string of the molecule is CC.CC.COC1[C@@H](OC)[C@H](OC)[C@@H](N)C[C@H]1NC(=O)C(O)C(F)CN. The van der Waals surface area contributed by atoms with Gasteiger partial charge in [-0.25, -0.2) is 4.39 Å². The van der Waals surface area contributed by atoms with Crippen molar-refractivity contribution in [2.24, 2.45) is 11.5 Å². The number of nitrogens with two attached hydrogens (primary N) is 2. The van der Waals surface area contributed by atoms with Gasteiger partial charge in [-0.05, 0) is 6.42 Å². The highest BCUT2D eigenvalue weighted by atomic mass is 19.1. The fourth-order valence-corrected chi connectivity index (χ4v) is 2.80. The van der Waals surface area contributed by atoms with Gasteiger partial charge in [-0.2, -0.15) is 0 Å². The van der Waals surface area contributed by atoms with E-state index in [2.05, 4.69) is 5.32 Å². The highest BCUT2D eigenvalue weighted by Gasteiger charge is 2.45. The second-order valence-electron chi connectivity index (χ2n) is 5.31. The minimum Gasteiger partial charge on any atom is -0.380 e. The third kappa shape index (κ3) is 7.42. The lowest BCUT2D eigenvalue weighted by Gasteiger charge is -2.44. The number of ether oxygens (including phenoxy) is 3. The number of rotatable bonds is 7. The number of aliphatic hydroxyl groups excluding tert-OH is 1. The number of methoxy groups -OCH3 is 3. The molecule has 0 aromatic heterocycles. The Labute approximate surface area is 156 Å². The minimum absolute atomic E-state index is 0.342. The summed E-state index contributed by atoms with van der Waals surface area (Å²) in [5.41, 5.74) is 11.1. The van der Waals surface area contributed by atoms with Crippen molar-refractivity contribution in [3.05, 3.63) is 0 Å². The van der Waals surface area contributed by atoms with Crippen molar-refractivity contribution in [2.45, 2.75) is 76.8 Å². The third-order valence-corrected chi connectivity index (χ3v) is 3.97. The number of amides is 1. The van der Waals surface area contributed by atoms with Crippen LogP contribution < -0.4 is 16.8 Å². The van der Waals surface area contributed by atoms with Crippen molar-refractivity contribution < 1.29 is 28.5 Å². The van der Waals surface area contributed by atoms with Crippen LogP contribution in [0, 0.1) is 0 Å². The third-order valence-electron chi connectivity index (χ3n) is 3.97. The van der Waals surface area contributed by atoms with Crippen LogP contribution >= 0.6 is 0 Å². The van der Waals surface area contributed by atoms with E-state index >= 15 is 0 Å². The van der Waals surface area contributed by atoms with Crippen LogP contribution in [0.2, 0.25) is 0 Å². The first kappa shape index (κ1) is 27.4. The summed E-state index contributed by atoms with van der Waals surface area (Å²) in [5, 5.41) is 12.1. The van der Waals surface area contributed by atoms with Crippen LogP contribution in [0.4, 0.5) is 4.39 Å². The summed E-state index contributed by atoms with van der Waals surface area (Å²) in [7, 11) is 4.47. The van der Waals surface area contributed by atoms with Crippen molar-refractivity contribution in [1.29, 1.82) is 0 Å². The van der Waals surface area contributed by atoms with E-state index in [0.717, 1.165) is 0 Å². The van der Waals surface area contributed by atoms with Crippen molar-refractivity contribution in [1.82, 2.24) is 5.32 Å². The van der Waals surface area contributed by atoms with Crippen LogP contribution in [0.5, 0.6) is 0 Å². The van der Waals surface area contributed by atoms with Crippen LogP contribution in [0.1, 0.15) is 34.1 Å². The summed E-state index contributed by atoms with van der Waals surface area (Å²) in [6.45, 7) is 7.55. The van der Waals surface area contributed by atoms with E-state index in [-0.39, 0.29) is 0 Å². The zero-order chi connectivity index (χ0) is 20.9. The monoisotopic (exact) mass is 383 g/mol. The van der Waals surface area contributed by atoms with Crippen LogP contribution in [-0.4, -0.2) is 81.6 Å². The average molecular weight is 384 g/mol. The number of alkyl halides is 1. The molecular weight excluding hydrogens is 345 g/mol. The number of hydrogen-bond acceptors (Lipinski definition) is 7. The van der Waals surface area contributed by atoms with Gasteiger partial charge in [0.05, 0.1) is 6.04 Å². The zero-order valence-electron chi connectivity index (χ0n) is 17.1. The van der Waals surface area contributed by atoms with Gasteiger partial charge < -0.3 is 36.1 Å². The fourth-order valence-electron chi connectivity index (χ4n) is 2.80. The highest BCUT2D eigenvalue weighted by Crippen LogP contribution is 2.26. The van der Waals surface area contributed by atoms with Gasteiger partial charge >= 0.3 is 0 Å². The van der Waals surface area contributed by atoms with E-state index in [0.29, 0.717) is 6.42 Å². The number of nitrogens with one attached hydrogen (secondary N) is 1. The molecule has 0 heterocycles. The van der Waals surface area contributed by atoms with Gasteiger partial charge in [0.15, 0.2) is 6.10 Å². The molecule has 1 rings (SSSR count). The summed E-state index contributed by atoms with van der Waals surface area (Å²) >= 11 is 0. The summed E-state index contributed by atoms with van der Waals surface area (Å²) < 4.78 is 29.4. The Morgan fingerprint density at radius 1 is 1.12 bits per heavy atom. The Hall–Kier alpha value is -0.840. The molecule has 0 aliphatic heterocycles. The molecule has 0 radical (unpaired) electrons. The fraction of sp³-hybridized carbons (Fsp3) is 0.941. The molecule has 8 nitrogen and oxygen atoms in total. The van der Waals surface area contributed by atoms with Gasteiger partial charge in [0.2, 0.25) is 0 Å². The molecule has 0 aromatic carbocycles. The molecule has 6 N–H and O–H groups in total. The average Bonchev–Trinajstić information content (AvgIpc) is 2.69. The lowest BCUT2D eigenvalue weighted by Crippen LogP contribution is -2.65. The second kappa shape index (κ2) is 15.2. The molecule has 7 atom stereocenters. The van der Waals surface area contributed by atoms with E-state index in [1.165, 1.54) is 21.3 Å². The largest absolute Gasteiger partial charge is 0.380 e. The molecule has 0 aromatic rings. The van der Waals surface area contributed by atoms with Crippen molar-refractivity contribution in [3.8, 4) is 0 Å². The van der Waals surface area contributed by atoms with E-state index < -0.39 is 55.1 Å². The van der Waals surface area contributed by atoms with Crippen LogP contribution in [0.15, 0.2) is 0 Å². The first-order valence-corrected chi connectivity index (χ1v) is 9.07. The molecule has 0 saturated heterocycles. The van der Waals surface area contributed by atoms with Crippen LogP contribution in [-0.2, 0) is 19.0 Å². The predicted octanol–water partition coefficient (Wildman–Crippen LogP) is -0.0427. The molecule has 0 bridgehead atoms. The smallest absolute Gasteiger partial charge is 0.252 e. The maximum absolute atomic E-state index is 13.3. The number of aliphatic hydroxyl groups is 1. The Morgan fingerprint density at radius 3 is 1.96 bits per heavy atom. The number of carbonyl (C=O) groups excluding carboxylic acids is 1. The van der Waals surface area contributed by atoms with Crippen molar-refractivity contribution in [2.75, 3.05) is 27.9 Å². The first-order chi connectivity index (χ1) is 12.4. The summed E-state index contributed by atoms with van der Waals surface area (Å²) in [4.78, 5) is 11.9. The maximum atomic E-state index is 13.3. The van der Waals surface area contributed by atoms with Gasteiger partial charge in [-0.15, -0.1) is 0 Å². The number of halogens is 1. The van der Waals surface area contributed by atoms with E-state index in [4.69, 9.17) is 25.7 Å². The van der Waals surface area contributed by atoms with Crippen molar-refractivity contribution in [3.63, 3.8) is 0 Å². The lowest BCUT2D eigenvalue weighted by molar-refractivity contribution is -0.153. The van der Waals surface area contributed by atoms with E-state index in [9.17, 15) is 14.3 Å². The van der Waals surface area contributed by atoms with Gasteiger partial charge in [0.25, 0.3) is 5.91 Å². The molecule has 26 heavy (non-hydrogen) atoms. The normalized spacial score (nSPS) is 30.0. The molecule has 1 saturated carbocycles. The second-order valence-corrected chi connectivity index (χ2v) is 5.31. The highest BCUT2D eigenvalue weighted by molar-refractivity contribution is 5.81. The Bertz CT molecular complexity index is 365. The van der Waals surface area contributed by atoms with Crippen LogP contribution in [0.3, 0.4) is 0 Å². The van der Waals surface area contributed by atoms with Crippen molar-refractivity contribution >= 4 is 5.91 Å². The lowest BCUT2D eigenvalue weighted by atomic mass is 9.83.